The smallest absolute Gasteiger partial charge is 0.435 e. The highest BCUT2D eigenvalue weighted by Gasteiger charge is 2.23. The number of carbonyl (C=O) groups is 2. The van der Waals surface area contributed by atoms with Crippen LogP contribution >= 0.6 is 0 Å². The second kappa shape index (κ2) is 15.3. The van der Waals surface area contributed by atoms with E-state index in [2.05, 4.69) is 15.4 Å². The molecule has 10 nitrogen and oxygen atoms in total. The summed E-state index contributed by atoms with van der Waals surface area (Å²) in [6, 6.07) is 15.3. The normalized spacial score (nSPS) is 14.7. The van der Waals surface area contributed by atoms with Crippen LogP contribution in [-0.4, -0.2) is 57.4 Å². The van der Waals surface area contributed by atoms with Gasteiger partial charge in [0.15, 0.2) is 0 Å². The van der Waals surface area contributed by atoms with E-state index in [1.807, 2.05) is 97.0 Å². The van der Waals surface area contributed by atoms with Crippen LogP contribution in [0.4, 0.5) is 9.59 Å². The van der Waals surface area contributed by atoms with Crippen molar-refractivity contribution in [3.05, 3.63) is 72.2 Å². The number of carbonyl (C=O) groups excluding carboxylic acids is 2. The third-order valence-electron chi connectivity index (χ3n) is 8.24. The van der Waals surface area contributed by atoms with Crippen molar-refractivity contribution in [2.75, 3.05) is 13.2 Å². The molecule has 0 aliphatic heterocycles. The van der Waals surface area contributed by atoms with Crippen molar-refractivity contribution in [1.29, 1.82) is 0 Å². The third-order valence-corrected chi connectivity index (χ3v) is 8.24. The quantitative estimate of drug-likeness (QED) is 0.178. The van der Waals surface area contributed by atoms with E-state index in [1.54, 1.807) is 12.4 Å². The van der Waals surface area contributed by atoms with Gasteiger partial charge in [0, 0.05) is 17.1 Å². The van der Waals surface area contributed by atoms with Gasteiger partial charge in [-0.1, -0.05) is 37.5 Å². The Kier molecular flexibility index (Phi) is 11.2. The Bertz CT molecular complexity index is 1750. The lowest BCUT2D eigenvalue weighted by molar-refractivity contribution is 0.0484. The number of hydrogen-bond donors (Lipinski definition) is 1. The summed E-state index contributed by atoms with van der Waals surface area (Å²) in [7, 11) is 0. The highest BCUT2D eigenvalue weighted by Crippen LogP contribution is 2.29. The summed E-state index contributed by atoms with van der Waals surface area (Å²) in [5, 5.41) is 8.27. The van der Waals surface area contributed by atoms with Crippen LogP contribution < -0.4 is 14.8 Å². The number of hydrogen-bond acceptors (Lipinski definition) is 8. The molecule has 1 fully saturated rings. The first-order valence-corrected chi connectivity index (χ1v) is 17.2. The molecule has 1 aliphatic rings. The van der Waals surface area contributed by atoms with Crippen molar-refractivity contribution >= 4 is 23.1 Å². The number of ether oxygens (including phenoxy) is 4. The first-order chi connectivity index (χ1) is 23.2. The zero-order chi connectivity index (χ0) is 35.2. The number of nitrogens with zero attached hydrogens (tertiary/aromatic N) is 3. The number of aromatic nitrogens is 3. The zero-order valence-corrected chi connectivity index (χ0v) is 29.9. The summed E-state index contributed by atoms with van der Waals surface area (Å²) in [6.45, 7) is 13.8. The van der Waals surface area contributed by atoms with Crippen LogP contribution in [-0.2, 0) is 15.9 Å². The lowest BCUT2D eigenvalue weighted by atomic mass is 9.90. The largest absolute Gasteiger partial charge is 0.493 e. The third kappa shape index (κ3) is 10.4. The molecule has 10 heteroatoms. The van der Waals surface area contributed by atoms with E-state index in [9.17, 15) is 9.59 Å². The maximum absolute atomic E-state index is 12.8. The van der Waals surface area contributed by atoms with Gasteiger partial charge >= 0.3 is 12.2 Å². The van der Waals surface area contributed by atoms with Gasteiger partial charge in [0.1, 0.15) is 29.3 Å². The minimum absolute atomic E-state index is 0.193. The first-order valence-electron chi connectivity index (χ1n) is 17.2. The highest BCUT2D eigenvalue weighted by molar-refractivity contribution is 5.92. The summed E-state index contributed by atoms with van der Waals surface area (Å²) in [4.78, 5) is 30.1. The molecule has 262 valence electrons. The highest BCUT2D eigenvalue weighted by atomic mass is 16.6. The van der Waals surface area contributed by atoms with Crippen LogP contribution in [0, 0.1) is 12.8 Å². The molecular formula is C39H50N4O6. The standard InChI is InChI=1S/C39H50N4O6/c1-26-34-21-29(16-17-35(34)43(42-26)37(45)49-39(5,6)7)30-20-33(23-40-22-30)47-25-31(41-36(44)48-38(2,3)4)18-28-14-11-15-32(19-28)46-24-27-12-9-8-10-13-27/h11,14-17,19-23,27,31H,8-10,12-13,18,24-25H2,1-7H3,(H,41,44)/t31-/m0/s1. The van der Waals surface area contributed by atoms with E-state index in [4.69, 9.17) is 18.9 Å². The topological polar surface area (TPSA) is 114 Å². The average molecular weight is 671 g/mol. The molecule has 49 heavy (non-hydrogen) atoms. The minimum Gasteiger partial charge on any atom is -0.493 e. The van der Waals surface area contributed by atoms with Crippen LogP contribution in [0.3, 0.4) is 0 Å². The van der Waals surface area contributed by atoms with E-state index in [-0.39, 0.29) is 12.6 Å². The van der Waals surface area contributed by atoms with Gasteiger partial charge in [0.2, 0.25) is 0 Å². The fourth-order valence-corrected chi connectivity index (χ4v) is 5.99. The predicted molar refractivity (Wildman–Crippen MR) is 190 cm³/mol. The molecule has 1 atom stereocenters. The van der Waals surface area contributed by atoms with Crippen LogP contribution in [0.15, 0.2) is 60.9 Å². The Morgan fingerprint density at radius 3 is 2.37 bits per heavy atom. The Morgan fingerprint density at radius 1 is 0.878 bits per heavy atom. The van der Waals surface area contributed by atoms with Crippen molar-refractivity contribution < 1.29 is 28.5 Å². The van der Waals surface area contributed by atoms with Crippen LogP contribution in [0.2, 0.25) is 0 Å². The Balaban J connectivity index is 1.29. The van der Waals surface area contributed by atoms with Gasteiger partial charge in [-0.05, 0) is 115 Å². The van der Waals surface area contributed by atoms with Gasteiger partial charge in [-0.2, -0.15) is 9.78 Å². The van der Waals surface area contributed by atoms with E-state index < -0.39 is 23.4 Å². The van der Waals surface area contributed by atoms with Crippen LogP contribution in [0.1, 0.15) is 84.9 Å². The SMILES string of the molecule is Cc1nn(C(=O)OC(C)(C)C)c2ccc(-c3cncc(OC[C@H](Cc4cccc(OCC5CCCCC5)c4)NC(=O)OC(C)(C)C)c3)cc12. The molecule has 0 radical (unpaired) electrons. The monoisotopic (exact) mass is 670 g/mol. The maximum atomic E-state index is 12.8. The van der Waals surface area contributed by atoms with Gasteiger partial charge in [-0.3, -0.25) is 4.98 Å². The molecule has 1 N–H and O–H groups in total. The number of pyridine rings is 1. The molecular weight excluding hydrogens is 620 g/mol. The number of nitrogens with one attached hydrogen (secondary N) is 1. The van der Waals surface area contributed by atoms with Crippen molar-refractivity contribution in [1.82, 2.24) is 20.1 Å². The lowest BCUT2D eigenvalue weighted by Gasteiger charge is -2.24. The van der Waals surface area contributed by atoms with Gasteiger partial charge < -0.3 is 24.3 Å². The van der Waals surface area contributed by atoms with E-state index in [1.165, 1.54) is 36.8 Å². The van der Waals surface area contributed by atoms with Gasteiger partial charge in [-0.25, -0.2) is 9.59 Å². The number of amides is 1. The van der Waals surface area contributed by atoms with E-state index in [0.29, 0.717) is 29.3 Å². The lowest BCUT2D eigenvalue weighted by Crippen LogP contribution is -2.43. The van der Waals surface area contributed by atoms with Crippen LogP contribution in [0.25, 0.3) is 22.0 Å². The number of alkyl carbamates (subject to hydrolysis) is 1. The number of aryl methyl sites for hydroxylation is 1. The number of fused-ring (bicyclic) bond motifs is 1. The molecule has 0 unspecified atom stereocenters. The summed E-state index contributed by atoms with van der Waals surface area (Å²) < 4.78 is 24.8. The maximum Gasteiger partial charge on any atom is 0.435 e. The molecule has 1 amide bonds. The van der Waals surface area contributed by atoms with E-state index >= 15 is 0 Å². The molecule has 0 saturated heterocycles. The second-order valence-corrected chi connectivity index (χ2v) is 14.9. The molecule has 1 saturated carbocycles. The van der Waals surface area contributed by atoms with E-state index in [0.717, 1.165) is 34.4 Å². The van der Waals surface area contributed by atoms with Crippen molar-refractivity contribution in [3.63, 3.8) is 0 Å². The summed E-state index contributed by atoms with van der Waals surface area (Å²) in [6.07, 6.45) is 9.22. The minimum atomic E-state index is -0.636. The van der Waals surface area contributed by atoms with Gasteiger partial charge in [0.25, 0.3) is 0 Å². The Hall–Kier alpha value is -4.60. The molecule has 4 aromatic rings. The Morgan fingerprint density at radius 2 is 1.63 bits per heavy atom. The molecule has 1 aliphatic carbocycles. The average Bonchev–Trinajstić information content (AvgIpc) is 3.37. The van der Waals surface area contributed by atoms with Gasteiger partial charge in [-0.15, -0.1) is 0 Å². The van der Waals surface area contributed by atoms with Gasteiger partial charge in [0.05, 0.1) is 30.1 Å². The molecule has 2 aromatic carbocycles. The first kappa shape index (κ1) is 35.7. The summed E-state index contributed by atoms with van der Waals surface area (Å²) in [5.74, 6) is 2.00. The fraction of sp³-hybridized carbons (Fsp3) is 0.487. The summed E-state index contributed by atoms with van der Waals surface area (Å²) in [5.41, 5.74) is 2.85. The Labute approximate surface area is 289 Å². The molecule has 5 rings (SSSR count). The molecule has 0 bridgehead atoms. The second-order valence-electron chi connectivity index (χ2n) is 14.9. The van der Waals surface area contributed by atoms with Crippen molar-refractivity contribution in [2.45, 2.75) is 104 Å². The fourth-order valence-electron chi connectivity index (χ4n) is 5.99. The molecule has 2 aromatic heterocycles. The number of benzene rings is 2. The van der Waals surface area contributed by atoms with Crippen molar-refractivity contribution in [2.24, 2.45) is 5.92 Å². The van der Waals surface area contributed by atoms with Crippen molar-refractivity contribution in [3.8, 4) is 22.6 Å². The summed E-state index contributed by atoms with van der Waals surface area (Å²) >= 11 is 0. The molecule has 0 spiro atoms. The predicted octanol–water partition coefficient (Wildman–Crippen LogP) is 8.66. The molecule has 2 heterocycles. The zero-order valence-electron chi connectivity index (χ0n) is 29.9. The van der Waals surface area contributed by atoms with Crippen LogP contribution in [0.5, 0.6) is 11.5 Å². The number of rotatable bonds is 10.